The molecule has 2 heterocycles. The molecule has 1 aliphatic heterocycles. The molecule has 0 unspecified atom stereocenters. The molecule has 0 atom stereocenters. The van der Waals surface area contributed by atoms with Crippen molar-refractivity contribution in [3.05, 3.63) is 23.5 Å². The molecule has 1 aliphatic rings. The molecular formula is C11H17N3. The van der Waals surface area contributed by atoms with E-state index in [4.69, 9.17) is 0 Å². The lowest BCUT2D eigenvalue weighted by Gasteiger charge is -2.13. The van der Waals surface area contributed by atoms with Crippen LogP contribution in [0.3, 0.4) is 0 Å². The summed E-state index contributed by atoms with van der Waals surface area (Å²) in [4.78, 5) is 0. The van der Waals surface area contributed by atoms with E-state index in [9.17, 15) is 0 Å². The number of rotatable bonds is 2. The molecule has 0 bridgehead atoms. The van der Waals surface area contributed by atoms with Crippen LogP contribution in [0.2, 0.25) is 0 Å². The quantitative estimate of drug-likeness (QED) is 0.769. The second kappa shape index (κ2) is 3.96. The Morgan fingerprint density at radius 1 is 1.57 bits per heavy atom. The van der Waals surface area contributed by atoms with Crippen LogP contribution in [0.4, 0.5) is 0 Å². The molecule has 1 N–H and O–H groups in total. The average molecular weight is 191 g/mol. The Morgan fingerprint density at radius 3 is 3.00 bits per heavy atom. The van der Waals surface area contributed by atoms with Gasteiger partial charge in [0.25, 0.3) is 0 Å². The van der Waals surface area contributed by atoms with E-state index in [1.54, 1.807) is 0 Å². The van der Waals surface area contributed by atoms with E-state index in [1.807, 2.05) is 4.68 Å². The maximum atomic E-state index is 4.45. The van der Waals surface area contributed by atoms with Crippen LogP contribution in [0.15, 0.2) is 12.3 Å². The molecule has 0 spiro atoms. The van der Waals surface area contributed by atoms with Crippen LogP contribution in [0.25, 0.3) is 5.57 Å². The number of hydrogen-bond donors (Lipinski definition) is 1. The summed E-state index contributed by atoms with van der Waals surface area (Å²) in [5.74, 6) is 0. The third-order valence-corrected chi connectivity index (χ3v) is 2.64. The summed E-state index contributed by atoms with van der Waals surface area (Å²) in [6, 6.07) is 0. The first-order valence-electron chi connectivity index (χ1n) is 5.25. The van der Waals surface area contributed by atoms with Crippen molar-refractivity contribution in [2.45, 2.75) is 26.8 Å². The summed E-state index contributed by atoms with van der Waals surface area (Å²) >= 11 is 0. The maximum absolute atomic E-state index is 4.45. The van der Waals surface area contributed by atoms with Crippen molar-refractivity contribution in [1.82, 2.24) is 15.1 Å². The second-order valence-electron chi connectivity index (χ2n) is 3.68. The average Bonchev–Trinajstić information content (AvgIpc) is 2.61. The summed E-state index contributed by atoms with van der Waals surface area (Å²) < 4.78 is 2.00. The highest BCUT2D eigenvalue weighted by Gasteiger charge is 2.10. The van der Waals surface area contributed by atoms with Crippen molar-refractivity contribution in [3.8, 4) is 0 Å². The van der Waals surface area contributed by atoms with Crippen LogP contribution in [0, 0.1) is 6.92 Å². The molecule has 2 rings (SSSR count). The van der Waals surface area contributed by atoms with Crippen molar-refractivity contribution >= 4 is 5.57 Å². The predicted octanol–water partition coefficient (Wildman–Crippen LogP) is 1.59. The van der Waals surface area contributed by atoms with Gasteiger partial charge in [-0.05, 0) is 32.4 Å². The van der Waals surface area contributed by atoms with Crippen LogP contribution < -0.4 is 5.32 Å². The molecule has 0 radical (unpaired) electrons. The first kappa shape index (κ1) is 9.46. The highest BCUT2D eigenvalue weighted by molar-refractivity contribution is 5.68. The highest BCUT2D eigenvalue weighted by Crippen LogP contribution is 2.19. The van der Waals surface area contributed by atoms with Crippen LogP contribution >= 0.6 is 0 Å². The van der Waals surface area contributed by atoms with Crippen LogP contribution in [0.1, 0.15) is 24.6 Å². The highest BCUT2D eigenvalue weighted by atomic mass is 15.3. The Balaban J connectivity index is 2.30. The number of nitrogens with one attached hydrogen (secondary N) is 1. The van der Waals surface area contributed by atoms with Gasteiger partial charge in [0.05, 0.1) is 5.69 Å². The Kier molecular flexibility index (Phi) is 2.68. The SMILES string of the molecule is CCn1cc(C2=CCCNC2)c(C)n1. The molecule has 0 aliphatic carbocycles. The normalized spacial score (nSPS) is 16.9. The third-order valence-electron chi connectivity index (χ3n) is 2.64. The summed E-state index contributed by atoms with van der Waals surface area (Å²) in [6.07, 6.45) is 5.60. The maximum Gasteiger partial charge on any atom is 0.0669 e. The van der Waals surface area contributed by atoms with Crippen molar-refractivity contribution in [2.24, 2.45) is 0 Å². The van der Waals surface area contributed by atoms with E-state index in [1.165, 1.54) is 11.1 Å². The lowest BCUT2D eigenvalue weighted by atomic mass is 10.0. The Labute approximate surface area is 84.8 Å². The van der Waals surface area contributed by atoms with Crippen LogP contribution in [0.5, 0.6) is 0 Å². The van der Waals surface area contributed by atoms with Gasteiger partial charge in [-0.25, -0.2) is 0 Å². The van der Waals surface area contributed by atoms with Gasteiger partial charge in [-0.3, -0.25) is 4.68 Å². The topological polar surface area (TPSA) is 29.9 Å². The minimum absolute atomic E-state index is 0.946. The van der Waals surface area contributed by atoms with Crippen molar-refractivity contribution in [3.63, 3.8) is 0 Å². The molecule has 0 fully saturated rings. The Morgan fingerprint density at radius 2 is 2.43 bits per heavy atom. The monoisotopic (exact) mass is 191 g/mol. The fourth-order valence-electron chi connectivity index (χ4n) is 1.84. The first-order chi connectivity index (χ1) is 6.81. The molecule has 3 nitrogen and oxygen atoms in total. The summed E-state index contributed by atoms with van der Waals surface area (Å²) in [5.41, 5.74) is 3.84. The third kappa shape index (κ3) is 1.73. The minimum Gasteiger partial charge on any atom is -0.312 e. The van der Waals surface area contributed by atoms with Crippen LogP contribution in [-0.4, -0.2) is 22.9 Å². The van der Waals surface area contributed by atoms with Gasteiger partial charge in [-0.1, -0.05) is 6.08 Å². The largest absolute Gasteiger partial charge is 0.312 e. The van der Waals surface area contributed by atoms with Gasteiger partial charge < -0.3 is 5.32 Å². The Bertz CT molecular complexity index is 349. The van der Waals surface area contributed by atoms with E-state index >= 15 is 0 Å². The smallest absolute Gasteiger partial charge is 0.0669 e. The standard InChI is InChI=1S/C11H17N3/c1-3-14-8-11(9(2)13-14)10-5-4-6-12-7-10/h5,8,12H,3-4,6-7H2,1-2H3. The number of hydrogen-bond acceptors (Lipinski definition) is 2. The molecular weight excluding hydrogens is 174 g/mol. The molecule has 0 aromatic carbocycles. The molecule has 0 saturated heterocycles. The zero-order chi connectivity index (χ0) is 9.97. The zero-order valence-electron chi connectivity index (χ0n) is 8.88. The van der Waals surface area contributed by atoms with Gasteiger partial charge in [0.1, 0.15) is 0 Å². The summed E-state index contributed by atoms with van der Waals surface area (Å²) in [6.45, 7) is 7.23. The van der Waals surface area contributed by atoms with E-state index in [2.05, 4.69) is 36.5 Å². The summed E-state index contributed by atoms with van der Waals surface area (Å²) in [7, 11) is 0. The Hall–Kier alpha value is -1.09. The predicted molar refractivity (Wildman–Crippen MR) is 58.1 cm³/mol. The minimum atomic E-state index is 0.946. The van der Waals surface area contributed by atoms with Crippen molar-refractivity contribution in [1.29, 1.82) is 0 Å². The van der Waals surface area contributed by atoms with E-state index in [0.29, 0.717) is 0 Å². The van der Waals surface area contributed by atoms with Crippen molar-refractivity contribution in [2.75, 3.05) is 13.1 Å². The lowest BCUT2D eigenvalue weighted by molar-refractivity contribution is 0.653. The van der Waals surface area contributed by atoms with E-state index in [-0.39, 0.29) is 0 Å². The molecule has 0 saturated carbocycles. The molecule has 1 aromatic heterocycles. The number of nitrogens with zero attached hydrogens (tertiary/aromatic N) is 2. The molecule has 1 aromatic rings. The van der Waals surface area contributed by atoms with Gasteiger partial charge >= 0.3 is 0 Å². The van der Waals surface area contributed by atoms with Gasteiger partial charge in [0, 0.05) is 24.8 Å². The summed E-state index contributed by atoms with van der Waals surface area (Å²) in [5, 5.41) is 7.83. The fourth-order valence-corrected chi connectivity index (χ4v) is 1.84. The number of aromatic nitrogens is 2. The first-order valence-corrected chi connectivity index (χ1v) is 5.25. The molecule has 0 amide bonds. The van der Waals surface area contributed by atoms with Gasteiger partial charge in [0.15, 0.2) is 0 Å². The van der Waals surface area contributed by atoms with Gasteiger partial charge in [-0.2, -0.15) is 5.10 Å². The molecule has 76 valence electrons. The van der Waals surface area contributed by atoms with E-state index in [0.717, 1.165) is 31.7 Å². The zero-order valence-corrected chi connectivity index (χ0v) is 8.88. The van der Waals surface area contributed by atoms with Crippen molar-refractivity contribution < 1.29 is 0 Å². The molecule has 3 heteroatoms. The van der Waals surface area contributed by atoms with E-state index < -0.39 is 0 Å². The molecule has 14 heavy (non-hydrogen) atoms. The van der Waals surface area contributed by atoms with Crippen LogP contribution in [-0.2, 0) is 6.54 Å². The lowest BCUT2D eigenvalue weighted by Crippen LogP contribution is -2.21. The number of aryl methyl sites for hydroxylation is 2. The van der Waals surface area contributed by atoms with Gasteiger partial charge in [-0.15, -0.1) is 0 Å². The van der Waals surface area contributed by atoms with Gasteiger partial charge in [0.2, 0.25) is 0 Å². The second-order valence-corrected chi connectivity index (χ2v) is 3.68. The fraction of sp³-hybridized carbons (Fsp3) is 0.545.